The van der Waals surface area contributed by atoms with Crippen LogP contribution in [-0.4, -0.2) is 52.2 Å². The number of carboxylic acid groups (broad SMARTS) is 1. The fourth-order valence-corrected chi connectivity index (χ4v) is 5.95. The summed E-state index contributed by atoms with van der Waals surface area (Å²) in [5.41, 5.74) is 11.9. The molecule has 5 aromatic rings. The highest BCUT2D eigenvalue weighted by Gasteiger charge is 2.30. The first-order valence-electron chi connectivity index (χ1n) is 17.0. The molecule has 5 rings (SSSR count). The zero-order chi connectivity index (χ0) is 36.9. The van der Waals surface area contributed by atoms with Crippen molar-refractivity contribution < 1.29 is 24.3 Å². The average molecular weight is 715 g/mol. The van der Waals surface area contributed by atoms with Crippen LogP contribution in [0.15, 0.2) is 140 Å². The first-order valence-corrected chi connectivity index (χ1v) is 17.5. The van der Waals surface area contributed by atoms with E-state index >= 15 is 0 Å². The van der Waals surface area contributed by atoms with Crippen molar-refractivity contribution in [2.45, 2.75) is 49.2 Å². The van der Waals surface area contributed by atoms with Gasteiger partial charge in [-0.3, -0.25) is 14.4 Å². The molecule has 0 aromatic heterocycles. The maximum atomic E-state index is 14.1. The molecular weight excluding hydrogens is 673 g/mol. The van der Waals surface area contributed by atoms with Crippen molar-refractivity contribution >= 4 is 36.3 Å². The SMILES string of the molecule is N[C@@H](Cc1ccc(C(=O)O)cc1)[C@H](S)C(=O)N[C@@H](Cc1ccc(-c2ccccc2)cc1)C(=O)N[C@H](Cc1ccccc1)C(=O)NCc1ccccc1. The number of nitrogens with two attached hydrogens (primary N) is 1. The lowest BCUT2D eigenvalue weighted by Crippen LogP contribution is -2.57. The van der Waals surface area contributed by atoms with Crippen LogP contribution >= 0.6 is 12.6 Å². The van der Waals surface area contributed by atoms with E-state index in [4.69, 9.17) is 5.73 Å². The maximum Gasteiger partial charge on any atom is 0.335 e. The molecule has 0 aliphatic carbocycles. The summed E-state index contributed by atoms with van der Waals surface area (Å²) < 4.78 is 0. The fraction of sp³-hybridized carbons (Fsp3) is 0.190. The van der Waals surface area contributed by atoms with Gasteiger partial charge in [-0.05, 0) is 51.9 Å². The summed E-state index contributed by atoms with van der Waals surface area (Å²) in [6.45, 7) is 0.285. The summed E-state index contributed by atoms with van der Waals surface area (Å²) in [5.74, 6) is -2.48. The summed E-state index contributed by atoms with van der Waals surface area (Å²) in [7, 11) is 0. The van der Waals surface area contributed by atoms with Crippen LogP contribution in [-0.2, 0) is 40.2 Å². The quantitative estimate of drug-likeness (QED) is 0.0794. The zero-order valence-corrected chi connectivity index (χ0v) is 29.4. The van der Waals surface area contributed by atoms with Crippen LogP contribution in [0.5, 0.6) is 0 Å². The van der Waals surface area contributed by atoms with Gasteiger partial charge in [-0.25, -0.2) is 4.79 Å². The van der Waals surface area contributed by atoms with Crippen LogP contribution in [0.4, 0.5) is 0 Å². The monoisotopic (exact) mass is 714 g/mol. The Hall–Kier alpha value is -5.71. The number of carboxylic acids is 1. The second kappa shape index (κ2) is 18.5. The normalized spacial score (nSPS) is 13.2. The van der Waals surface area contributed by atoms with E-state index in [0.717, 1.165) is 33.4 Å². The highest BCUT2D eigenvalue weighted by atomic mass is 32.1. The first kappa shape index (κ1) is 37.5. The minimum atomic E-state index is -1.06. The highest BCUT2D eigenvalue weighted by Crippen LogP contribution is 2.20. The molecule has 0 aliphatic rings. The van der Waals surface area contributed by atoms with Gasteiger partial charge in [0.1, 0.15) is 12.1 Å². The van der Waals surface area contributed by atoms with E-state index in [1.54, 1.807) is 12.1 Å². The van der Waals surface area contributed by atoms with Gasteiger partial charge in [0.05, 0.1) is 10.8 Å². The lowest BCUT2D eigenvalue weighted by molar-refractivity contribution is -0.132. The van der Waals surface area contributed by atoms with E-state index in [-0.39, 0.29) is 37.3 Å². The molecule has 0 saturated heterocycles. The van der Waals surface area contributed by atoms with Crippen LogP contribution in [0.2, 0.25) is 0 Å². The molecule has 6 N–H and O–H groups in total. The largest absolute Gasteiger partial charge is 0.478 e. The lowest BCUT2D eigenvalue weighted by atomic mass is 9.98. The molecule has 0 unspecified atom stereocenters. The molecule has 10 heteroatoms. The summed E-state index contributed by atoms with van der Waals surface area (Å²) in [4.78, 5) is 52.6. The minimum absolute atomic E-state index is 0.141. The van der Waals surface area contributed by atoms with Gasteiger partial charge in [-0.15, -0.1) is 0 Å². The number of amides is 3. The van der Waals surface area contributed by atoms with Crippen LogP contribution in [0.3, 0.4) is 0 Å². The predicted octanol–water partition coefficient (Wildman–Crippen LogP) is 4.99. The number of benzene rings is 5. The Morgan fingerprint density at radius 2 is 0.981 bits per heavy atom. The zero-order valence-electron chi connectivity index (χ0n) is 28.5. The van der Waals surface area contributed by atoms with Gasteiger partial charge in [-0.2, -0.15) is 12.6 Å². The Balaban J connectivity index is 1.34. The van der Waals surface area contributed by atoms with Crippen molar-refractivity contribution in [1.82, 2.24) is 16.0 Å². The van der Waals surface area contributed by atoms with Crippen molar-refractivity contribution in [3.63, 3.8) is 0 Å². The second-order valence-electron chi connectivity index (χ2n) is 12.6. The summed E-state index contributed by atoms with van der Waals surface area (Å²) in [6, 6.07) is 40.0. The van der Waals surface area contributed by atoms with E-state index in [9.17, 15) is 24.3 Å². The van der Waals surface area contributed by atoms with Crippen molar-refractivity contribution in [3.05, 3.63) is 167 Å². The fourth-order valence-electron chi connectivity index (χ4n) is 5.77. The van der Waals surface area contributed by atoms with Gasteiger partial charge < -0.3 is 26.8 Å². The molecule has 266 valence electrons. The highest BCUT2D eigenvalue weighted by molar-refractivity contribution is 7.81. The lowest BCUT2D eigenvalue weighted by Gasteiger charge is -2.26. The Labute approximate surface area is 309 Å². The van der Waals surface area contributed by atoms with Gasteiger partial charge in [-0.1, -0.05) is 127 Å². The summed E-state index contributed by atoms with van der Waals surface area (Å²) in [6.07, 6.45) is 0.628. The van der Waals surface area contributed by atoms with Crippen LogP contribution < -0.4 is 21.7 Å². The molecule has 4 atom stereocenters. The molecule has 0 bridgehead atoms. The Bertz CT molecular complexity index is 1930. The number of aromatic carboxylic acids is 1. The van der Waals surface area contributed by atoms with E-state index in [1.165, 1.54) is 12.1 Å². The van der Waals surface area contributed by atoms with E-state index in [2.05, 4.69) is 28.6 Å². The van der Waals surface area contributed by atoms with E-state index in [0.29, 0.717) is 0 Å². The number of hydrogen-bond donors (Lipinski definition) is 6. The smallest absolute Gasteiger partial charge is 0.335 e. The summed E-state index contributed by atoms with van der Waals surface area (Å²) >= 11 is 4.53. The molecular formula is C42H42N4O5S. The molecule has 9 nitrogen and oxygen atoms in total. The van der Waals surface area contributed by atoms with Crippen molar-refractivity contribution in [2.24, 2.45) is 5.73 Å². The third kappa shape index (κ3) is 10.9. The average Bonchev–Trinajstić information content (AvgIpc) is 3.17. The predicted molar refractivity (Wildman–Crippen MR) is 206 cm³/mol. The van der Waals surface area contributed by atoms with Gasteiger partial charge in [0.25, 0.3) is 0 Å². The van der Waals surface area contributed by atoms with Crippen LogP contribution in [0.25, 0.3) is 11.1 Å². The molecule has 0 radical (unpaired) electrons. The molecule has 0 saturated carbocycles. The Morgan fingerprint density at radius 1 is 0.538 bits per heavy atom. The number of carbonyl (C=O) groups is 4. The van der Waals surface area contributed by atoms with Crippen LogP contribution in [0, 0.1) is 0 Å². The maximum absolute atomic E-state index is 14.1. The van der Waals surface area contributed by atoms with Gasteiger partial charge in [0.15, 0.2) is 0 Å². The van der Waals surface area contributed by atoms with Gasteiger partial charge in [0.2, 0.25) is 17.7 Å². The first-order chi connectivity index (χ1) is 25.2. The van der Waals surface area contributed by atoms with E-state index in [1.807, 2.05) is 115 Å². The molecule has 5 aromatic carbocycles. The second-order valence-corrected chi connectivity index (χ2v) is 13.2. The topological polar surface area (TPSA) is 151 Å². The number of rotatable bonds is 16. The third-order valence-electron chi connectivity index (χ3n) is 8.71. The molecule has 0 aliphatic heterocycles. The Kier molecular flexibility index (Phi) is 13.4. The Morgan fingerprint density at radius 3 is 1.56 bits per heavy atom. The van der Waals surface area contributed by atoms with E-state index < -0.39 is 41.2 Å². The number of hydrogen-bond acceptors (Lipinski definition) is 6. The molecule has 0 spiro atoms. The van der Waals surface area contributed by atoms with Crippen molar-refractivity contribution in [2.75, 3.05) is 0 Å². The number of thiol groups is 1. The minimum Gasteiger partial charge on any atom is -0.478 e. The molecule has 3 amide bonds. The van der Waals surface area contributed by atoms with Crippen molar-refractivity contribution in [1.29, 1.82) is 0 Å². The molecule has 0 heterocycles. The standard InChI is InChI=1S/C42H42N4O5S/c43-35(24-29-18-22-34(23-19-29)42(50)51)38(52)41(49)46-37(26-30-16-20-33(21-17-30)32-14-8-3-9-15-32)40(48)45-36(25-28-10-4-1-5-11-28)39(47)44-27-31-12-6-2-7-13-31/h1-23,35-38,52H,24-27,43H2,(H,44,47)(H,45,48)(H,46,49)(H,50,51)/t35-,36+,37-,38-/m0/s1. The number of carbonyl (C=O) groups excluding carboxylic acids is 3. The summed E-state index contributed by atoms with van der Waals surface area (Å²) in [5, 5.41) is 16.9. The van der Waals surface area contributed by atoms with Crippen LogP contribution in [0.1, 0.15) is 32.6 Å². The molecule has 52 heavy (non-hydrogen) atoms. The van der Waals surface area contributed by atoms with Gasteiger partial charge >= 0.3 is 5.97 Å². The third-order valence-corrected chi connectivity index (χ3v) is 9.32. The number of nitrogens with one attached hydrogen (secondary N) is 3. The van der Waals surface area contributed by atoms with Crippen molar-refractivity contribution in [3.8, 4) is 11.1 Å². The van der Waals surface area contributed by atoms with Gasteiger partial charge in [0, 0.05) is 25.4 Å². The molecule has 0 fully saturated rings.